The normalized spacial score (nSPS) is 12.2. The van der Waals surface area contributed by atoms with E-state index >= 15 is 0 Å². The first-order valence-electron chi connectivity index (χ1n) is 9.30. The molecule has 0 heterocycles. The molecule has 0 aromatic carbocycles. The molecule has 1 unspecified atom stereocenters. The molecule has 4 nitrogen and oxygen atoms in total. The molecule has 0 amide bonds. The van der Waals surface area contributed by atoms with Crippen LogP contribution in [0.15, 0.2) is 0 Å². The molecule has 136 valence electrons. The summed E-state index contributed by atoms with van der Waals surface area (Å²) in [6, 6.07) is 0. The van der Waals surface area contributed by atoms with Gasteiger partial charge in [-0.2, -0.15) is 0 Å². The van der Waals surface area contributed by atoms with Gasteiger partial charge >= 0.3 is 11.9 Å². The van der Waals surface area contributed by atoms with E-state index in [0.717, 1.165) is 19.3 Å². The quantitative estimate of drug-likeness (QED) is 0.255. The van der Waals surface area contributed by atoms with Gasteiger partial charge in [0.15, 0.2) is 0 Å². The van der Waals surface area contributed by atoms with Crippen LogP contribution in [0.3, 0.4) is 0 Å². The number of rotatable bonds is 14. The van der Waals surface area contributed by atoms with Gasteiger partial charge < -0.3 is 9.47 Å². The maximum absolute atomic E-state index is 11.6. The zero-order chi connectivity index (χ0) is 17.5. The molecule has 0 aliphatic rings. The fourth-order valence-electron chi connectivity index (χ4n) is 2.57. The maximum atomic E-state index is 11.6. The molecule has 0 radical (unpaired) electrons. The van der Waals surface area contributed by atoms with Crippen LogP contribution in [0.25, 0.3) is 0 Å². The lowest BCUT2D eigenvalue weighted by Gasteiger charge is -2.14. The Morgan fingerprint density at radius 3 is 1.96 bits per heavy atom. The largest absolute Gasteiger partial charge is 0.465 e. The highest BCUT2D eigenvalue weighted by Gasteiger charge is 2.15. The van der Waals surface area contributed by atoms with E-state index in [4.69, 9.17) is 9.47 Å². The molecule has 0 aliphatic carbocycles. The van der Waals surface area contributed by atoms with E-state index < -0.39 is 11.9 Å². The lowest BCUT2D eigenvalue weighted by Crippen LogP contribution is -2.20. The Kier molecular flexibility index (Phi) is 13.9. The molecular weight excluding hydrogens is 292 g/mol. The molecule has 1 atom stereocenters. The number of esters is 2. The van der Waals surface area contributed by atoms with Crippen molar-refractivity contribution in [3.8, 4) is 0 Å². The third-order valence-electron chi connectivity index (χ3n) is 3.69. The molecule has 0 aromatic rings. The minimum atomic E-state index is -0.487. The summed E-state index contributed by atoms with van der Waals surface area (Å²) in [5.41, 5.74) is 0. The van der Waals surface area contributed by atoms with Crippen LogP contribution >= 0.6 is 0 Å². The van der Waals surface area contributed by atoms with Gasteiger partial charge in [-0.1, -0.05) is 65.7 Å². The van der Waals surface area contributed by atoms with Gasteiger partial charge in [-0.3, -0.25) is 9.59 Å². The molecule has 23 heavy (non-hydrogen) atoms. The Morgan fingerprint density at radius 1 is 0.826 bits per heavy atom. The summed E-state index contributed by atoms with van der Waals surface area (Å²) >= 11 is 0. The molecule has 0 saturated heterocycles. The second kappa shape index (κ2) is 14.5. The second-order valence-electron chi connectivity index (χ2n) is 6.80. The van der Waals surface area contributed by atoms with E-state index in [-0.39, 0.29) is 12.5 Å². The fraction of sp³-hybridized carbons (Fsp3) is 0.895. The molecule has 0 saturated carbocycles. The van der Waals surface area contributed by atoms with Crippen LogP contribution in [-0.2, 0) is 19.1 Å². The van der Waals surface area contributed by atoms with E-state index in [9.17, 15) is 9.59 Å². The highest BCUT2D eigenvalue weighted by Crippen LogP contribution is 2.10. The van der Waals surface area contributed by atoms with Crippen molar-refractivity contribution in [2.24, 2.45) is 5.92 Å². The van der Waals surface area contributed by atoms with Crippen molar-refractivity contribution in [3.05, 3.63) is 0 Å². The van der Waals surface area contributed by atoms with Gasteiger partial charge in [-0.15, -0.1) is 0 Å². The third kappa shape index (κ3) is 15.6. The van der Waals surface area contributed by atoms with Gasteiger partial charge in [-0.25, -0.2) is 0 Å². The Labute approximate surface area is 142 Å². The minimum Gasteiger partial charge on any atom is -0.465 e. The Morgan fingerprint density at radius 2 is 1.39 bits per heavy atom. The van der Waals surface area contributed by atoms with Gasteiger partial charge in [0.2, 0.25) is 0 Å². The third-order valence-corrected chi connectivity index (χ3v) is 3.69. The van der Waals surface area contributed by atoms with E-state index in [1.54, 1.807) is 0 Å². The molecule has 0 N–H and O–H groups in total. The lowest BCUT2D eigenvalue weighted by molar-refractivity contribution is -0.157. The monoisotopic (exact) mass is 328 g/mol. The summed E-state index contributed by atoms with van der Waals surface area (Å²) in [7, 11) is 0. The lowest BCUT2D eigenvalue weighted by atomic mass is 10.1. The topological polar surface area (TPSA) is 52.6 Å². The van der Waals surface area contributed by atoms with Gasteiger partial charge in [0.1, 0.15) is 6.42 Å². The highest BCUT2D eigenvalue weighted by atomic mass is 16.6. The summed E-state index contributed by atoms with van der Waals surface area (Å²) in [4.78, 5) is 23.1. The molecule has 0 aromatic heterocycles. The van der Waals surface area contributed by atoms with Crippen molar-refractivity contribution in [1.82, 2.24) is 0 Å². The van der Waals surface area contributed by atoms with Crippen molar-refractivity contribution >= 4 is 11.9 Å². The number of hydrogen-bond donors (Lipinski definition) is 0. The molecule has 4 heteroatoms. The summed E-state index contributed by atoms with van der Waals surface area (Å²) in [6.45, 7) is 8.62. The standard InChI is InChI=1S/C19H36O4/c1-5-6-7-8-9-10-11-12-13-22-18(20)15-19(21)23-17(4)14-16(2)3/h16-17H,5-15H2,1-4H3. The van der Waals surface area contributed by atoms with E-state index in [1.165, 1.54) is 38.5 Å². The SMILES string of the molecule is CCCCCCCCCCOC(=O)CC(=O)OC(C)CC(C)C. The van der Waals surface area contributed by atoms with Crippen molar-refractivity contribution in [2.45, 2.75) is 98.0 Å². The zero-order valence-electron chi connectivity index (χ0n) is 15.6. The first-order valence-corrected chi connectivity index (χ1v) is 9.30. The van der Waals surface area contributed by atoms with Crippen molar-refractivity contribution in [3.63, 3.8) is 0 Å². The first-order chi connectivity index (χ1) is 11.0. The van der Waals surface area contributed by atoms with E-state index in [0.29, 0.717) is 12.5 Å². The van der Waals surface area contributed by atoms with Crippen LogP contribution in [0.1, 0.15) is 91.9 Å². The van der Waals surface area contributed by atoms with Gasteiger partial charge in [0.05, 0.1) is 12.7 Å². The summed E-state index contributed by atoms with van der Waals surface area (Å²) in [5, 5.41) is 0. The smallest absolute Gasteiger partial charge is 0.317 e. The number of unbranched alkanes of at least 4 members (excludes halogenated alkanes) is 7. The Balaban J connectivity index is 3.51. The van der Waals surface area contributed by atoms with Gasteiger partial charge in [-0.05, 0) is 25.7 Å². The van der Waals surface area contributed by atoms with Crippen molar-refractivity contribution in [2.75, 3.05) is 6.61 Å². The molecule has 0 spiro atoms. The predicted molar refractivity (Wildman–Crippen MR) is 93.2 cm³/mol. The average Bonchev–Trinajstić information content (AvgIpc) is 2.44. The zero-order valence-corrected chi connectivity index (χ0v) is 15.6. The number of hydrogen-bond acceptors (Lipinski definition) is 4. The van der Waals surface area contributed by atoms with Gasteiger partial charge in [0.25, 0.3) is 0 Å². The van der Waals surface area contributed by atoms with E-state index in [2.05, 4.69) is 20.8 Å². The molecule has 0 fully saturated rings. The predicted octanol–water partition coefficient (Wildman–Crippen LogP) is 5.04. The van der Waals surface area contributed by atoms with Gasteiger partial charge in [0, 0.05) is 0 Å². The summed E-state index contributed by atoms with van der Waals surface area (Å²) in [5.74, 6) is -0.500. The first kappa shape index (κ1) is 21.9. The maximum Gasteiger partial charge on any atom is 0.317 e. The van der Waals surface area contributed by atoms with Crippen LogP contribution < -0.4 is 0 Å². The number of carbonyl (C=O) groups excluding carboxylic acids is 2. The molecular formula is C19H36O4. The van der Waals surface area contributed by atoms with Crippen LogP contribution in [0.2, 0.25) is 0 Å². The average molecular weight is 328 g/mol. The van der Waals surface area contributed by atoms with Crippen LogP contribution in [0, 0.1) is 5.92 Å². The van der Waals surface area contributed by atoms with Crippen LogP contribution in [-0.4, -0.2) is 24.6 Å². The van der Waals surface area contributed by atoms with Crippen LogP contribution in [0.4, 0.5) is 0 Å². The molecule has 0 bridgehead atoms. The molecule has 0 rings (SSSR count). The molecule has 0 aliphatic heterocycles. The van der Waals surface area contributed by atoms with Crippen molar-refractivity contribution < 1.29 is 19.1 Å². The Bertz CT molecular complexity index is 312. The van der Waals surface area contributed by atoms with E-state index in [1.807, 2.05) is 6.92 Å². The summed E-state index contributed by atoms with van der Waals surface area (Å²) in [6.07, 6.45) is 9.99. The fourth-order valence-corrected chi connectivity index (χ4v) is 2.57. The summed E-state index contributed by atoms with van der Waals surface area (Å²) < 4.78 is 10.3. The number of carbonyl (C=O) groups is 2. The number of ether oxygens (including phenoxy) is 2. The minimum absolute atomic E-state index is 0.150. The van der Waals surface area contributed by atoms with Crippen molar-refractivity contribution in [1.29, 1.82) is 0 Å². The second-order valence-corrected chi connectivity index (χ2v) is 6.80. The van der Waals surface area contributed by atoms with Crippen LogP contribution in [0.5, 0.6) is 0 Å². The Hall–Kier alpha value is -1.06. The highest BCUT2D eigenvalue weighted by molar-refractivity contribution is 5.91.